The first kappa shape index (κ1) is 8.08. The molecule has 1 fully saturated rings. The van der Waals surface area contributed by atoms with Crippen molar-refractivity contribution in [2.45, 2.75) is 24.6 Å². The van der Waals surface area contributed by atoms with Crippen LogP contribution in [0.2, 0.25) is 0 Å². The minimum Gasteiger partial charge on any atom is -0.308 e. The van der Waals surface area contributed by atoms with Gasteiger partial charge in [0.2, 0.25) is 0 Å². The summed E-state index contributed by atoms with van der Waals surface area (Å²) in [4.78, 5) is 0. The van der Waals surface area contributed by atoms with Gasteiger partial charge in [0.05, 0.1) is 0 Å². The van der Waals surface area contributed by atoms with E-state index in [0.29, 0.717) is 6.04 Å². The molecular formula is C7H14N2S. The molecule has 1 rings (SSSR count). The molecule has 2 N–H and O–H groups in total. The van der Waals surface area contributed by atoms with Crippen LogP contribution >= 0.6 is 11.8 Å². The minimum atomic E-state index is 0.359. The molecule has 0 saturated carbocycles. The fourth-order valence-corrected chi connectivity index (χ4v) is 1.86. The first-order chi connectivity index (χ1) is 4.74. The van der Waals surface area contributed by atoms with Gasteiger partial charge in [-0.3, -0.25) is 0 Å². The lowest BCUT2D eigenvalue weighted by Crippen LogP contribution is -2.27. The van der Waals surface area contributed by atoms with Crippen LogP contribution in [0.5, 0.6) is 0 Å². The van der Waals surface area contributed by atoms with Crippen LogP contribution in [0.3, 0.4) is 0 Å². The van der Waals surface area contributed by atoms with Gasteiger partial charge in [-0.25, -0.2) is 0 Å². The molecule has 0 aromatic heterocycles. The number of nitrogens with one attached hydrogen (secondary N) is 2. The molecule has 0 radical (unpaired) electrons. The van der Waals surface area contributed by atoms with E-state index in [1.807, 2.05) is 18.7 Å². The summed E-state index contributed by atoms with van der Waals surface area (Å²) < 4.78 is 0. The second kappa shape index (κ2) is 3.39. The van der Waals surface area contributed by atoms with Gasteiger partial charge >= 0.3 is 0 Å². The van der Waals surface area contributed by atoms with Gasteiger partial charge in [0.25, 0.3) is 0 Å². The van der Waals surface area contributed by atoms with Crippen molar-refractivity contribution >= 4 is 17.5 Å². The molecule has 1 heterocycles. The smallest absolute Gasteiger partial charge is 0.0456 e. The molecule has 0 aromatic rings. The molecule has 0 bridgehead atoms. The van der Waals surface area contributed by atoms with Crippen molar-refractivity contribution in [1.29, 1.82) is 5.41 Å². The first-order valence-corrected chi connectivity index (χ1v) is 4.84. The van der Waals surface area contributed by atoms with Gasteiger partial charge in [0, 0.05) is 23.5 Å². The molecule has 1 aliphatic rings. The zero-order valence-electron chi connectivity index (χ0n) is 6.48. The minimum absolute atomic E-state index is 0.359. The van der Waals surface area contributed by atoms with Gasteiger partial charge in [-0.05, 0) is 19.6 Å². The summed E-state index contributed by atoms with van der Waals surface area (Å²) >= 11 is 1.89. The van der Waals surface area contributed by atoms with E-state index in [4.69, 9.17) is 5.41 Å². The summed E-state index contributed by atoms with van der Waals surface area (Å²) in [6.45, 7) is 2.95. The van der Waals surface area contributed by atoms with E-state index in [-0.39, 0.29) is 0 Å². The highest BCUT2D eigenvalue weighted by Gasteiger charge is 2.23. The van der Waals surface area contributed by atoms with E-state index in [1.165, 1.54) is 0 Å². The predicted octanol–water partition coefficient (Wildman–Crippen LogP) is 1.12. The third-order valence-corrected chi connectivity index (χ3v) is 2.97. The van der Waals surface area contributed by atoms with Crippen LogP contribution < -0.4 is 5.32 Å². The standard InChI is InChI=1S/C7H14N2S/c1-5(8)7-3-6(10-2)4-9-7/h6-9H,3-4H2,1-2H3. The van der Waals surface area contributed by atoms with Crippen molar-refractivity contribution in [2.24, 2.45) is 0 Å². The highest BCUT2D eigenvalue weighted by molar-refractivity contribution is 7.99. The van der Waals surface area contributed by atoms with Crippen molar-refractivity contribution in [3.05, 3.63) is 0 Å². The summed E-state index contributed by atoms with van der Waals surface area (Å²) in [6.07, 6.45) is 3.27. The number of hydrogen-bond donors (Lipinski definition) is 2. The van der Waals surface area contributed by atoms with Gasteiger partial charge in [0.1, 0.15) is 0 Å². The molecule has 10 heavy (non-hydrogen) atoms. The molecule has 58 valence electrons. The van der Waals surface area contributed by atoms with E-state index in [2.05, 4.69) is 11.6 Å². The van der Waals surface area contributed by atoms with Crippen molar-refractivity contribution in [3.8, 4) is 0 Å². The maximum Gasteiger partial charge on any atom is 0.0456 e. The summed E-state index contributed by atoms with van der Waals surface area (Å²) in [5.41, 5.74) is 0.775. The summed E-state index contributed by atoms with van der Waals surface area (Å²) in [5, 5.41) is 11.4. The highest BCUT2D eigenvalue weighted by Crippen LogP contribution is 2.18. The zero-order chi connectivity index (χ0) is 7.56. The Kier molecular flexibility index (Phi) is 2.74. The van der Waals surface area contributed by atoms with E-state index in [1.54, 1.807) is 0 Å². The van der Waals surface area contributed by atoms with Crippen LogP contribution in [0.1, 0.15) is 13.3 Å². The quantitative estimate of drug-likeness (QED) is 0.591. The SMILES string of the molecule is CSC1CNC(C(C)=N)C1. The fourth-order valence-electron chi connectivity index (χ4n) is 1.21. The molecule has 2 nitrogen and oxygen atoms in total. The van der Waals surface area contributed by atoms with Gasteiger partial charge in [-0.1, -0.05) is 0 Å². The molecule has 1 aliphatic heterocycles. The Morgan fingerprint density at radius 1 is 1.70 bits per heavy atom. The molecule has 0 amide bonds. The number of thioether (sulfide) groups is 1. The molecule has 2 unspecified atom stereocenters. The maximum absolute atomic E-state index is 7.38. The van der Waals surface area contributed by atoms with Crippen molar-refractivity contribution < 1.29 is 0 Å². The predicted molar refractivity (Wildman–Crippen MR) is 47.1 cm³/mol. The van der Waals surface area contributed by atoms with E-state index >= 15 is 0 Å². The number of hydrogen-bond acceptors (Lipinski definition) is 3. The van der Waals surface area contributed by atoms with Gasteiger partial charge in [0.15, 0.2) is 0 Å². The van der Waals surface area contributed by atoms with Crippen molar-refractivity contribution in [1.82, 2.24) is 5.32 Å². The lowest BCUT2D eigenvalue weighted by molar-refractivity contribution is 0.755. The van der Waals surface area contributed by atoms with E-state index in [9.17, 15) is 0 Å². The van der Waals surface area contributed by atoms with Gasteiger partial charge < -0.3 is 10.7 Å². The Bertz CT molecular complexity index is 136. The summed E-state index contributed by atoms with van der Waals surface area (Å²) in [5.74, 6) is 0. The van der Waals surface area contributed by atoms with Crippen LogP contribution in [-0.4, -0.2) is 29.8 Å². The third-order valence-electron chi connectivity index (χ3n) is 1.95. The third kappa shape index (κ3) is 1.73. The molecule has 0 aliphatic carbocycles. The normalized spacial score (nSPS) is 32.6. The highest BCUT2D eigenvalue weighted by atomic mass is 32.2. The lowest BCUT2D eigenvalue weighted by atomic mass is 10.1. The monoisotopic (exact) mass is 158 g/mol. The zero-order valence-corrected chi connectivity index (χ0v) is 7.29. The second-order valence-electron chi connectivity index (χ2n) is 2.74. The molecule has 0 aromatic carbocycles. The van der Waals surface area contributed by atoms with Gasteiger partial charge in [-0.15, -0.1) is 0 Å². The Morgan fingerprint density at radius 2 is 2.40 bits per heavy atom. The van der Waals surface area contributed by atoms with E-state index < -0.39 is 0 Å². The first-order valence-electron chi connectivity index (χ1n) is 3.55. The van der Waals surface area contributed by atoms with Gasteiger partial charge in [-0.2, -0.15) is 11.8 Å². The van der Waals surface area contributed by atoms with Crippen LogP contribution in [0.15, 0.2) is 0 Å². The summed E-state index contributed by atoms with van der Waals surface area (Å²) in [6, 6.07) is 0.359. The number of rotatable bonds is 2. The Balaban J connectivity index is 2.35. The van der Waals surface area contributed by atoms with Crippen LogP contribution in [0.25, 0.3) is 0 Å². The Labute approximate surface area is 66.3 Å². The van der Waals surface area contributed by atoms with Crippen molar-refractivity contribution in [3.63, 3.8) is 0 Å². The largest absolute Gasteiger partial charge is 0.308 e. The average Bonchev–Trinajstić information content (AvgIpc) is 2.34. The van der Waals surface area contributed by atoms with Crippen LogP contribution in [0, 0.1) is 5.41 Å². The van der Waals surface area contributed by atoms with Crippen LogP contribution in [-0.2, 0) is 0 Å². The molecule has 1 saturated heterocycles. The second-order valence-corrected chi connectivity index (χ2v) is 3.88. The van der Waals surface area contributed by atoms with Crippen LogP contribution in [0.4, 0.5) is 0 Å². The van der Waals surface area contributed by atoms with E-state index in [0.717, 1.165) is 23.9 Å². The molecule has 2 atom stereocenters. The maximum atomic E-state index is 7.38. The topological polar surface area (TPSA) is 35.9 Å². The Morgan fingerprint density at radius 3 is 2.70 bits per heavy atom. The fraction of sp³-hybridized carbons (Fsp3) is 0.857. The summed E-state index contributed by atoms with van der Waals surface area (Å²) in [7, 11) is 0. The lowest BCUT2D eigenvalue weighted by Gasteiger charge is -2.06. The molecular weight excluding hydrogens is 144 g/mol. The Hall–Kier alpha value is -0.0200. The molecule has 3 heteroatoms. The van der Waals surface area contributed by atoms with Crippen molar-refractivity contribution in [2.75, 3.05) is 12.8 Å². The molecule has 0 spiro atoms. The average molecular weight is 158 g/mol.